The molecule has 0 aliphatic heterocycles. The molecule has 1 rings (SSSR count). The van der Waals surface area contributed by atoms with E-state index in [1.807, 2.05) is 0 Å². The van der Waals surface area contributed by atoms with Crippen molar-refractivity contribution in [3.8, 4) is 11.8 Å². The van der Waals surface area contributed by atoms with E-state index in [1.165, 1.54) is 14.2 Å². The fourth-order valence-corrected chi connectivity index (χ4v) is 1.50. The van der Waals surface area contributed by atoms with Gasteiger partial charge in [-0.15, -0.1) is 13.2 Å². The molecule has 0 radical (unpaired) electrons. The molecule has 0 fully saturated rings. The van der Waals surface area contributed by atoms with E-state index in [1.54, 1.807) is 0 Å². The molecule has 112 valence electrons. The average molecular weight is 294 g/mol. The van der Waals surface area contributed by atoms with Crippen molar-refractivity contribution in [2.45, 2.75) is 19.3 Å². The zero-order valence-corrected chi connectivity index (χ0v) is 10.8. The van der Waals surface area contributed by atoms with Crippen molar-refractivity contribution in [1.82, 2.24) is 4.98 Å². The van der Waals surface area contributed by atoms with E-state index in [0.717, 1.165) is 6.07 Å². The lowest BCUT2D eigenvalue weighted by atomic mass is 10.1. The van der Waals surface area contributed by atoms with E-state index in [-0.39, 0.29) is 30.0 Å². The summed E-state index contributed by atoms with van der Waals surface area (Å²) in [5.41, 5.74) is 5.96. The van der Waals surface area contributed by atoms with Gasteiger partial charge in [0.2, 0.25) is 11.8 Å². The Morgan fingerprint density at radius 3 is 2.50 bits per heavy atom. The Hall–Kier alpha value is -2.03. The van der Waals surface area contributed by atoms with Gasteiger partial charge in [0.1, 0.15) is 0 Å². The van der Waals surface area contributed by atoms with Crippen molar-refractivity contribution in [3.05, 3.63) is 17.2 Å². The fourth-order valence-electron chi connectivity index (χ4n) is 1.50. The summed E-state index contributed by atoms with van der Waals surface area (Å²) in [6.45, 7) is -0.112. The first-order valence-corrected chi connectivity index (χ1v) is 5.40. The van der Waals surface area contributed by atoms with Crippen LogP contribution >= 0.6 is 0 Å². The van der Waals surface area contributed by atoms with E-state index in [9.17, 15) is 18.0 Å². The number of alkyl halides is 3. The molecule has 0 unspecified atom stereocenters. The first-order chi connectivity index (χ1) is 9.30. The number of carbonyl (C=O) groups is 1. The summed E-state index contributed by atoms with van der Waals surface area (Å²) in [7, 11) is 2.40. The van der Waals surface area contributed by atoms with Crippen molar-refractivity contribution < 1.29 is 32.2 Å². The second kappa shape index (κ2) is 6.42. The summed E-state index contributed by atoms with van der Waals surface area (Å²) in [4.78, 5) is 14.8. The number of aromatic nitrogens is 1. The molecule has 0 spiro atoms. The molecule has 0 aliphatic rings. The van der Waals surface area contributed by atoms with Gasteiger partial charge in [-0.1, -0.05) is 0 Å². The summed E-state index contributed by atoms with van der Waals surface area (Å²) in [5, 5.41) is 0. The SMILES string of the molecule is COC(=O)Cc1c(CN)cc(OC(F)(F)F)nc1OC. The van der Waals surface area contributed by atoms with Gasteiger partial charge in [-0.05, 0) is 5.56 Å². The van der Waals surface area contributed by atoms with Crippen molar-refractivity contribution >= 4 is 5.97 Å². The Labute approximate surface area is 112 Å². The van der Waals surface area contributed by atoms with Gasteiger partial charge >= 0.3 is 12.3 Å². The first-order valence-electron chi connectivity index (χ1n) is 5.40. The zero-order chi connectivity index (χ0) is 15.3. The highest BCUT2D eigenvalue weighted by Crippen LogP contribution is 2.28. The Bertz CT molecular complexity index is 466. The summed E-state index contributed by atoms with van der Waals surface area (Å²) >= 11 is 0. The molecular formula is C11H13F3N2O4. The molecular weight excluding hydrogens is 281 g/mol. The molecule has 0 aliphatic carbocycles. The van der Waals surface area contributed by atoms with E-state index in [0.29, 0.717) is 0 Å². The molecule has 0 saturated carbocycles. The highest BCUT2D eigenvalue weighted by Gasteiger charge is 2.32. The van der Waals surface area contributed by atoms with Crippen molar-refractivity contribution in [2.75, 3.05) is 14.2 Å². The second-order valence-electron chi connectivity index (χ2n) is 3.61. The van der Waals surface area contributed by atoms with Crippen LogP contribution in [0.25, 0.3) is 0 Å². The van der Waals surface area contributed by atoms with Crippen molar-refractivity contribution in [3.63, 3.8) is 0 Å². The van der Waals surface area contributed by atoms with Crippen LogP contribution in [-0.2, 0) is 22.5 Å². The number of hydrogen-bond acceptors (Lipinski definition) is 6. The molecule has 9 heteroatoms. The van der Waals surface area contributed by atoms with E-state index >= 15 is 0 Å². The van der Waals surface area contributed by atoms with Crippen LogP contribution in [0.1, 0.15) is 11.1 Å². The highest BCUT2D eigenvalue weighted by atomic mass is 19.4. The number of rotatable bonds is 5. The van der Waals surface area contributed by atoms with Crippen LogP contribution in [0.2, 0.25) is 0 Å². The van der Waals surface area contributed by atoms with Crippen LogP contribution < -0.4 is 15.2 Å². The smallest absolute Gasteiger partial charge is 0.481 e. The predicted molar refractivity (Wildman–Crippen MR) is 61.1 cm³/mol. The lowest BCUT2D eigenvalue weighted by Crippen LogP contribution is -2.19. The molecule has 1 aromatic rings. The Morgan fingerprint density at radius 2 is 2.05 bits per heavy atom. The third-order valence-electron chi connectivity index (χ3n) is 2.34. The number of carbonyl (C=O) groups excluding carboxylic acids is 1. The minimum Gasteiger partial charge on any atom is -0.481 e. The van der Waals surface area contributed by atoms with Gasteiger partial charge in [-0.3, -0.25) is 4.79 Å². The van der Waals surface area contributed by atoms with Gasteiger partial charge in [0, 0.05) is 18.2 Å². The van der Waals surface area contributed by atoms with Gasteiger partial charge in [0.25, 0.3) is 0 Å². The molecule has 0 aromatic carbocycles. The molecule has 2 N–H and O–H groups in total. The third kappa shape index (κ3) is 4.26. The maximum absolute atomic E-state index is 12.2. The topological polar surface area (TPSA) is 83.7 Å². The number of methoxy groups -OCH3 is 2. The normalized spacial score (nSPS) is 11.1. The number of ether oxygens (including phenoxy) is 3. The van der Waals surface area contributed by atoms with Crippen LogP contribution in [0.4, 0.5) is 13.2 Å². The highest BCUT2D eigenvalue weighted by molar-refractivity contribution is 5.73. The lowest BCUT2D eigenvalue weighted by molar-refractivity contribution is -0.276. The van der Waals surface area contributed by atoms with Gasteiger partial charge in [0.05, 0.1) is 20.6 Å². The minimum absolute atomic E-state index is 0.112. The zero-order valence-electron chi connectivity index (χ0n) is 10.8. The monoisotopic (exact) mass is 294 g/mol. The predicted octanol–water partition coefficient (Wildman–Crippen LogP) is 1.16. The number of nitrogens with zero attached hydrogens (tertiary/aromatic N) is 1. The fraction of sp³-hybridized carbons (Fsp3) is 0.455. The number of hydrogen-bond donors (Lipinski definition) is 1. The van der Waals surface area contributed by atoms with Crippen LogP contribution in [0.3, 0.4) is 0 Å². The number of nitrogens with two attached hydrogens (primary N) is 1. The minimum atomic E-state index is -4.88. The maximum atomic E-state index is 12.2. The number of halogens is 3. The van der Waals surface area contributed by atoms with Crippen LogP contribution in [-0.4, -0.2) is 31.5 Å². The van der Waals surface area contributed by atoms with Gasteiger partial charge < -0.3 is 19.9 Å². The molecule has 0 amide bonds. The average Bonchev–Trinajstić information content (AvgIpc) is 2.37. The molecule has 20 heavy (non-hydrogen) atoms. The van der Waals surface area contributed by atoms with Crippen LogP contribution in [0.15, 0.2) is 6.07 Å². The summed E-state index contributed by atoms with van der Waals surface area (Å²) < 4.78 is 49.6. The Balaban J connectivity index is 3.21. The first kappa shape index (κ1) is 16.0. The molecule has 0 atom stereocenters. The lowest BCUT2D eigenvalue weighted by Gasteiger charge is -2.14. The largest absolute Gasteiger partial charge is 0.574 e. The summed E-state index contributed by atoms with van der Waals surface area (Å²) in [6, 6.07) is 1.01. The molecule has 0 saturated heterocycles. The van der Waals surface area contributed by atoms with Crippen LogP contribution in [0, 0.1) is 0 Å². The van der Waals surface area contributed by atoms with Crippen LogP contribution in [0.5, 0.6) is 11.8 Å². The summed E-state index contributed by atoms with van der Waals surface area (Å²) in [6.07, 6.45) is -5.10. The summed E-state index contributed by atoms with van der Waals surface area (Å²) in [5.74, 6) is -1.47. The molecule has 1 aromatic heterocycles. The quantitative estimate of drug-likeness (QED) is 0.820. The van der Waals surface area contributed by atoms with Crippen molar-refractivity contribution in [2.24, 2.45) is 5.73 Å². The van der Waals surface area contributed by atoms with Gasteiger partial charge in [0.15, 0.2) is 0 Å². The third-order valence-corrected chi connectivity index (χ3v) is 2.34. The van der Waals surface area contributed by atoms with Crippen molar-refractivity contribution in [1.29, 1.82) is 0 Å². The standard InChI is InChI=1S/C11H13F3N2O4/c1-18-9(17)4-7-6(5-15)3-8(16-10(7)19-2)20-11(12,13)14/h3H,4-5,15H2,1-2H3. The molecule has 1 heterocycles. The number of esters is 1. The molecule has 6 nitrogen and oxygen atoms in total. The Morgan fingerprint density at radius 1 is 1.40 bits per heavy atom. The van der Waals surface area contributed by atoms with E-state index in [4.69, 9.17) is 10.5 Å². The Kier molecular flexibility index (Phi) is 5.14. The van der Waals surface area contributed by atoms with E-state index < -0.39 is 18.2 Å². The maximum Gasteiger partial charge on any atom is 0.574 e. The van der Waals surface area contributed by atoms with Gasteiger partial charge in [-0.25, -0.2) is 0 Å². The second-order valence-corrected chi connectivity index (χ2v) is 3.61. The number of pyridine rings is 1. The molecule has 0 bridgehead atoms. The van der Waals surface area contributed by atoms with E-state index in [2.05, 4.69) is 14.5 Å². The van der Waals surface area contributed by atoms with Gasteiger partial charge in [-0.2, -0.15) is 4.98 Å².